The fourth-order valence-corrected chi connectivity index (χ4v) is 4.49. The highest BCUT2D eigenvalue weighted by atomic mass is 16.5. The summed E-state index contributed by atoms with van der Waals surface area (Å²) in [5, 5.41) is 6.62. The maximum atomic E-state index is 13.2. The number of carbonyl (C=O) groups excluding carboxylic acids is 2. The molecule has 30 heavy (non-hydrogen) atoms. The van der Waals surface area contributed by atoms with Gasteiger partial charge in [-0.3, -0.25) is 14.5 Å². The van der Waals surface area contributed by atoms with Crippen molar-refractivity contribution >= 4 is 17.5 Å². The zero-order valence-electron chi connectivity index (χ0n) is 16.9. The van der Waals surface area contributed by atoms with Gasteiger partial charge in [0.05, 0.1) is 37.1 Å². The Balaban J connectivity index is 1.25. The minimum atomic E-state index is -0.505. The number of furan rings is 1. The van der Waals surface area contributed by atoms with Crippen molar-refractivity contribution in [3.05, 3.63) is 53.5 Å². The Hall–Kier alpha value is -2.84. The number of ether oxygens (including phenoxy) is 1. The molecule has 3 aliphatic rings. The first-order chi connectivity index (χ1) is 14.6. The highest BCUT2D eigenvalue weighted by molar-refractivity contribution is 6.02. The van der Waals surface area contributed by atoms with Crippen LogP contribution in [-0.4, -0.2) is 66.7 Å². The summed E-state index contributed by atoms with van der Waals surface area (Å²) < 4.78 is 11.0. The lowest BCUT2D eigenvalue weighted by Gasteiger charge is -2.45. The Morgan fingerprint density at radius 1 is 1.03 bits per heavy atom. The molecule has 4 heterocycles. The molecular weight excluding hydrogens is 384 g/mol. The third-order valence-corrected chi connectivity index (χ3v) is 6.25. The van der Waals surface area contributed by atoms with Crippen LogP contribution in [0.15, 0.2) is 41.0 Å². The molecule has 2 fully saturated rings. The Labute approximate surface area is 175 Å². The molecule has 8 heteroatoms. The molecule has 0 saturated carbocycles. The van der Waals surface area contributed by atoms with Crippen LogP contribution in [0.1, 0.15) is 39.3 Å². The molecule has 2 saturated heterocycles. The normalized spacial score (nSPS) is 21.1. The molecule has 0 radical (unpaired) electrons. The van der Waals surface area contributed by atoms with Crippen LogP contribution >= 0.6 is 0 Å². The summed E-state index contributed by atoms with van der Waals surface area (Å²) in [7, 11) is 0. The van der Waals surface area contributed by atoms with Crippen molar-refractivity contribution in [3.8, 4) is 0 Å². The Bertz CT molecular complexity index is 942. The van der Waals surface area contributed by atoms with Crippen LogP contribution in [0.2, 0.25) is 0 Å². The van der Waals surface area contributed by atoms with Crippen LogP contribution in [0.5, 0.6) is 0 Å². The van der Waals surface area contributed by atoms with Crippen molar-refractivity contribution < 1.29 is 18.7 Å². The number of nitrogens with one attached hydrogen (secondary N) is 2. The lowest BCUT2D eigenvalue weighted by Crippen LogP contribution is -2.62. The van der Waals surface area contributed by atoms with Crippen molar-refractivity contribution in [2.24, 2.45) is 0 Å². The summed E-state index contributed by atoms with van der Waals surface area (Å²) in [4.78, 5) is 29.8. The van der Waals surface area contributed by atoms with E-state index >= 15 is 0 Å². The van der Waals surface area contributed by atoms with E-state index in [1.165, 1.54) is 0 Å². The second-order valence-corrected chi connectivity index (χ2v) is 8.14. The number of piperidine rings is 1. The molecule has 0 bridgehead atoms. The van der Waals surface area contributed by atoms with Crippen LogP contribution in [0, 0.1) is 0 Å². The predicted octanol–water partition coefficient (Wildman–Crippen LogP) is 1.90. The molecule has 1 aromatic heterocycles. The molecule has 0 atom stereocenters. The van der Waals surface area contributed by atoms with E-state index in [-0.39, 0.29) is 11.8 Å². The maximum absolute atomic E-state index is 13.2. The van der Waals surface area contributed by atoms with Gasteiger partial charge in [0.2, 0.25) is 0 Å². The number of rotatable bonds is 3. The van der Waals surface area contributed by atoms with Crippen molar-refractivity contribution in [1.29, 1.82) is 0 Å². The zero-order chi connectivity index (χ0) is 20.6. The van der Waals surface area contributed by atoms with E-state index in [0.717, 1.165) is 18.8 Å². The third kappa shape index (κ3) is 3.57. The lowest BCUT2D eigenvalue weighted by atomic mass is 9.92. The number of morpholine rings is 1. The molecule has 158 valence electrons. The molecule has 5 rings (SSSR count). The number of amides is 2. The topological polar surface area (TPSA) is 87.1 Å². The van der Waals surface area contributed by atoms with E-state index in [1.54, 1.807) is 12.3 Å². The van der Waals surface area contributed by atoms with Gasteiger partial charge in [-0.05, 0) is 18.2 Å². The number of para-hydroxylation sites is 1. The molecular formula is C22H26N4O4. The van der Waals surface area contributed by atoms with Gasteiger partial charge in [-0.15, -0.1) is 0 Å². The van der Waals surface area contributed by atoms with Crippen LogP contribution in [-0.2, 0) is 11.3 Å². The molecule has 2 aromatic rings. The maximum Gasteiger partial charge on any atom is 0.257 e. The largest absolute Gasteiger partial charge is 0.467 e. The number of hydrogen-bond donors (Lipinski definition) is 2. The second-order valence-electron chi connectivity index (χ2n) is 8.14. The standard InChI is InChI=1S/C22H26N4O4/c27-20-16-3-1-2-4-18(16)23-22(24-20)6-8-26(9-7-22)21(28)17-5-12-30-19(17)15-25-10-13-29-14-11-25/h1-5,12,23H,6-11,13-15H2,(H,24,27). The number of anilines is 1. The van der Waals surface area contributed by atoms with Gasteiger partial charge in [-0.1, -0.05) is 12.1 Å². The monoisotopic (exact) mass is 410 g/mol. The summed E-state index contributed by atoms with van der Waals surface area (Å²) >= 11 is 0. The zero-order valence-corrected chi connectivity index (χ0v) is 16.9. The van der Waals surface area contributed by atoms with Crippen molar-refractivity contribution in [3.63, 3.8) is 0 Å². The van der Waals surface area contributed by atoms with Gasteiger partial charge < -0.3 is 24.7 Å². The summed E-state index contributed by atoms with van der Waals surface area (Å²) in [6.45, 7) is 4.84. The van der Waals surface area contributed by atoms with E-state index < -0.39 is 5.66 Å². The SMILES string of the molecule is O=C1NC2(CCN(C(=O)c3ccoc3CN3CCOCC3)CC2)Nc2ccccc21. The highest BCUT2D eigenvalue weighted by Gasteiger charge is 2.41. The first kappa shape index (κ1) is 19.1. The van der Waals surface area contributed by atoms with Crippen molar-refractivity contribution in [2.75, 3.05) is 44.7 Å². The van der Waals surface area contributed by atoms with Crippen LogP contribution in [0.3, 0.4) is 0 Å². The average molecular weight is 410 g/mol. The summed E-state index contributed by atoms with van der Waals surface area (Å²) in [5.41, 5.74) is 1.63. The van der Waals surface area contributed by atoms with E-state index in [0.29, 0.717) is 62.6 Å². The molecule has 3 aliphatic heterocycles. The molecule has 1 aromatic carbocycles. The Morgan fingerprint density at radius 2 is 1.80 bits per heavy atom. The van der Waals surface area contributed by atoms with Gasteiger partial charge in [-0.25, -0.2) is 0 Å². The number of nitrogens with zero attached hydrogens (tertiary/aromatic N) is 2. The van der Waals surface area contributed by atoms with Gasteiger partial charge in [0, 0.05) is 44.7 Å². The van der Waals surface area contributed by atoms with E-state index in [2.05, 4.69) is 15.5 Å². The molecule has 0 aliphatic carbocycles. The van der Waals surface area contributed by atoms with Gasteiger partial charge in [0.1, 0.15) is 11.4 Å². The molecule has 1 spiro atoms. The minimum absolute atomic E-state index is 0.00982. The first-order valence-electron chi connectivity index (χ1n) is 10.5. The third-order valence-electron chi connectivity index (χ3n) is 6.25. The van der Waals surface area contributed by atoms with Crippen LogP contribution in [0.4, 0.5) is 5.69 Å². The second kappa shape index (κ2) is 7.77. The molecule has 2 N–H and O–H groups in total. The number of benzene rings is 1. The Morgan fingerprint density at radius 3 is 2.60 bits per heavy atom. The highest BCUT2D eigenvalue weighted by Crippen LogP contribution is 2.32. The van der Waals surface area contributed by atoms with Crippen LogP contribution < -0.4 is 10.6 Å². The van der Waals surface area contributed by atoms with Gasteiger partial charge >= 0.3 is 0 Å². The quantitative estimate of drug-likeness (QED) is 0.804. The van der Waals surface area contributed by atoms with E-state index in [9.17, 15) is 9.59 Å². The van der Waals surface area contributed by atoms with Crippen LogP contribution in [0.25, 0.3) is 0 Å². The summed E-state index contributed by atoms with van der Waals surface area (Å²) in [6.07, 6.45) is 2.89. The molecule has 0 unspecified atom stereocenters. The van der Waals surface area contributed by atoms with Crippen molar-refractivity contribution in [2.45, 2.75) is 25.0 Å². The molecule has 2 amide bonds. The Kier molecular flexibility index (Phi) is 4.96. The number of fused-ring (bicyclic) bond motifs is 1. The fraction of sp³-hybridized carbons (Fsp3) is 0.455. The number of carbonyl (C=O) groups is 2. The minimum Gasteiger partial charge on any atom is -0.467 e. The van der Waals surface area contributed by atoms with Gasteiger partial charge in [-0.2, -0.15) is 0 Å². The number of likely N-dealkylation sites (tertiary alicyclic amines) is 1. The lowest BCUT2D eigenvalue weighted by molar-refractivity contribution is 0.0310. The van der Waals surface area contributed by atoms with E-state index in [4.69, 9.17) is 9.15 Å². The molecule has 8 nitrogen and oxygen atoms in total. The fourth-order valence-electron chi connectivity index (χ4n) is 4.49. The average Bonchev–Trinajstić information content (AvgIpc) is 3.22. The first-order valence-corrected chi connectivity index (χ1v) is 10.5. The number of hydrogen-bond acceptors (Lipinski definition) is 6. The predicted molar refractivity (Wildman–Crippen MR) is 110 cm³/mol. The van der Waals surface area contributed by atoms with Gasteiger partial charge in [0.15, 0.2) is 0 Å². The summed E-state index contributed by atoms with van der Waals surface area (Å²) in [6, 6.07) is 9.29. The smallest absolute Gasteiger partial charge is 0.257 e. The van der Waals surface area contributed by atoms with Gasteiger partial charge in [0.25, 0.3) is 11.8 Å². The summed E-state index contributed by atoms with van der Waals surface area (Å²) in [5.74, 6) is 0.636. The van der Waals surface area contributed by atoms with Crippen molar-refractivity contribution in [1.82, 2.24) is 15.1 Å². The van der Waals surface area contributed by atoms with E-state index in [1.807, 2.05) is 29.2 Å².